The van der Waals surface area contributed by atoms with E-state index < -0.39 is 5.97 Å². The Hall–Kier alpha value is -1.51. The van der Waals surface area contributed by atoms with Gasteiger partial charge in [-0.1, -0.05) is 18.2 Å². The van der Waals surface area contributed by atoms with Crippen molar-refractivity contribution < 1.29 is 9.90 Å². The van der Waals surface area contributed by atoms with Crippen molar-refractivity contribution in [3.05, 3.63) is 37.1 Å². The Morgan fingerprint density at radius 2 is 2.31 bits per heavy atom. The Kier molecular flexibility index (Phi) is 6.32. The van der Waals surface area contributed by atoms with Gasteiger partial charge in [0.15, 0.2) is 0 Å². The fourth-order valence-electron chi connectivity index (χ4n) is 0.808. The highest BCUT2D eigenvalue weighted by atomic mass is 16.4. The lowest BCUT2D eigenvalue weighted by molar-refractivity contribution is -0.134. The first kappa shape index (κ1) is 11.5. The van der Waals surface area contributed by atoms with Gasteiger partial charge in [0.25, 0.3) is 5.97 Å². The van der Waals surface area contributed by atoms with Crippen molar-refractivity contribution in [2.75, 3.05) is 13.1 Å². The lowest BCUT2D eigenvalue weighted by atomic mass is 10.3. The van der Waals surface area contributed by atoms with Gasteiger partial charge >= 0.3 is 0 Å². The summed E-state index contributed by atoms with van der Waals surface area (Å²) in [5.41, 5.74) is 0. The largest absolute Gasteiger partial charge is 0.481 e. The third kappa shape index (κ3) is 8.40. The van der Waals surface area contributed by atoms with Crippen LogP contribution in [0.15, 0.2) is 37.1 Å². The fourth-order valence-corrected chi connectivity index (χ4v) is 0.808. The number of aliphatic carboxylic acids is 1. The van der Waals surface area contributed by atoms with Gasteiger partial charge in [-0.2, -0.15) is 0 Å². The molecule has 0 amide bonds. The average Bonchev–Trinajstić information content (AvgIpc) is 2.06. The van der Waals surface area contributed by atoms with E-state index in [2.05, 4.69) is 29.8 Å². The molecule has 0 aliphatic carbocycles. The zero-order chi connectivity index (χ0) is 10.1. The Labute approximate surface area is 78.7 Å². The van der Waals surface area contributed by atoms with Crippen LogP contribution in [-0.2, 0) is 4.79 Å². The van der Waals surface area contributed by atoms with Gasteiger partial charge < -0.3 is 10.0 Å². The van der Waals surface area contributed by atoms with Crippen LogP contribution in [0.2, 0.25) is 0 Å². The lowest BCUT2D eigenvalue weighted by Crippen LogP contribution is -2.18. The van der Waals surface area contributed by atoms with Gasteiger partial charge in [0.05, 0.1) is 0 Å². The molecular weight excluding hydrogens is 166 g/mol. The second-order valence-electron chi connectivity index (χ2n) is 2.53. The summed E-state index contributed by atoms with van der Waals surface area (Å²) < 4.78 is 0. The third-order valence-corrected chi connectivity index (χ3v) is 1.25. The lowest BCUT2D eigenvalue weighted by Gasteiger charge is -2.17. The van der Waals surface area contributed by atoms with E-state index in [0.29, 0.717) is 0 Å². The van der Waals surface area contributed by atoms with Gasteiger partial charge in [-0.25, -0.2) is 0 Å². The number of rotatable bonds is 2. The molecule has 1 aliphatic rings. The molecule has 0 atom stereocenters. The van der Waals surface area contributed by atoms with Crippen molar-refractivity contribution >= 4 is 5.97 Å². The molecule has 0 aromatic heterocycles. The number of carboxylic acids is 1. The Bertz CT molecular complexity index is 213. The molecule has 13 heavy (non-hydrogen) atoms. The number of carbonyl (C=O) groups is 1. The minimum Gasteiger partial charge on any atom is -0.481 e. The molecule has 72 valence electrons. The Morgan fingerprint density at radius 1 is 1.69 bits per heavy atom. The molecule has 3 nitrogen and oxygen atoms in total. The molecule has 1 N–H and O–H groups in total. The van der Waals surface area contributed by atoms with Gasteiger partial charge in [0, 0.05) is 20.0 Å². The Morgan fingerprint density at radius 3 is 2.69 bits per heavy atom. The highest BCUT2D eigenvalue weighted by Gasteiger charge is 1.93. The van der Waals surface area contributed by atoms with Gasteiger partial charge in [-0.15, -0.1) is 6.58 Å². The Balaban J connectivity index is 0.000000310. The number of hydrogen-bond donors (Lipinski definition) is 1. The van der Waals surface area contributed by atoms with E-state index in [1.165, 1.54) is 0 Å². The number of nitrogens with zero attached hydrogens (tertiary/aromatic N) is 1. The first-order chi connectivity index (χ1) is 6.16. The third-order valence-electron chi connectivity index (χ3n) is 1.25. The average molecular weight is 181 g/mol. The van der Waals surface area contributed by atoms with E-state index in [-0.39, 0.29) is 0 Å². The van der Waals surface area contributed by atoms with Crippen LogP contribution in [-0.4, -0.2) is 29.1 Å². The van der Waals surface area contributed by atoms with E-state index in [9.17, 15) is 0 Å². The van der Waals surface area contributed by atoms with E-state index in [4.69, 9.17) is 9.90 Å². The summed E-state index contributed by atoms with van der Waals surface area (Å²) >= 11 is 0. The van der Waals surface area contributed by atoms with E-state index in [1.807, 2.05) is 12.2 Å². The SMILES string of the molecule is C=CCN1C=CC=CC1.CC(=O)O. The predicted octanol–water partition coefficient (Wildman–Crippen LogP) is 1.65. The summed E-state index contributed by atoms with van der Waals surface area (Å²) in [5, 5.41) is 7.42. The molecule has 0 fully saturated rings. The fraction of sp³-hybridized carbons (Fsp3) is 0.300. The molecule has 1 aliphatic heterocycles. The summed E-state index contributed by atoms with van der Waals surface area (Å²) in [6, 6.07) is 0. The smallest absolute Gasteiger partial charge is 0.300 e. The van der Waals surface area contributed by atoms with Gasteiger partial charge in [-0.3, -0.25) is 4.79 Å². The molecule has 0 saturated heterocycles. The topological polar surface area (TPSA) is 40.5 Å². The van der Waals surface area contributed by atoms with Crippen molar-refractivity contribution in [2.45, 2.75) is 6.92 Å². The van der Waals surface area contributed by atoms with Gasteiger partial charge in [0.2, 0.25) is 0 Å². The number of hydrogen-bond acceptors (Lipinski definition) is 2. The van der Waals surface area contributed by atoms with Crippen LogP contribution < -0.4 is 0 Å². The summed E-state index contributed by atoms with van der Waals surface area (Å²) in [4.78, 5) is 11.2. The van der Waals surface area contributed by atoms with Gasteiger partial charge in [-0.05, 0) is 12.3 Å². The molecule has 0 spiro atoms. The quantitative estimate of drug-likeness (QED) is 0.658. The summed E-state index contributed by atoms with van der Waals surface area (Å²) in [6.07, 6.45) is 10.2. The van der Waals surface area contributed by atoms with Crippen molar-refractivity contribution in [3.63, 3.8) is 0 Å². The standard InChI is InChI=1S/C8H11N.C2H4O2/c1-2-6-9-7-4-3-5-8-9;1-2(3)4/h2-5,7H,1,6,8H2;1H3,(H,3,4). The molecule has 0 radical (unpaired) electrons. The minimum absolute atomic E-state index is 0.833. The number of carboxylic acid groups (broad SMARTS) is 1. The summed E-state index contributed by atoms with van der Waals surface area (Å²) in [6.45, 7) is 6.70. The monoisotopic (exact) mass is 181 g/mol. The molecule has 0 aromatic rings. The van der Waals surface area contributed by atoms with Crippen LogP contribution in [0, 0.1) is 0 Å². The molecule has 3 heteroatoms. The van der Waals surface area contributed by atoms with Crippen molar-refractivity contribution in [1.82, 2.24) is 4.90 Å². The second-order valence-corrected chi connectivity index (χ2v) is 2.53. The maximum atomic E-state index is 9.00. The zero-order valence-electron chi connectivity index (χ0n) is 7.81. The van der Waals surface area contributed by atoms with Crippen molar-refractivity contribution in [2.24, 2.45) is 0 Å². The van der Waals surface area contributed by atoms with Gasteiger partial charge in [0.1, 0.15) is 0 Å². The van der Waals surface area contributed by atoms with E-state index >= 15 is 0 Å². The van der Waals surface area contributed by atoms with Crippen molar-refractivity contribution in [3.8, 4) is 0 Å². The maximum absolute atomic E-state index is 9.00. The molecule has 0 aromatic carbocycles. The van der Waals surface area contributed by atoms with Crippen LogP contribution in [0.4, 0.5) is 0 Å². The summed E-state index contributed by atoms with van der Waals surface area (Å²) in [5.74, 6) is -0.833. The van der Waals surface area contributed by atoms with Crippen molar-refractivity contribution in [1.29, 1.82) is 0 Å². The molecule has 0 saturated carbocycles. The maximum Gasteiger partial charge on any atom is 0.300 e. The van der Waals surface area contributed by atoms with E-state index in [0.717, 1.165) is 20.0 Å². The molecule has 1 rings (SSSR count). The van der Waals surface area contributed by atoms with Crippen LogP contribution >= 0.6 is 0 Å². The summed E-state index contributed by atoms with van der Waals surface area (Å²) in [7, 11) is 0. The molecule has 1 heterocycles. The minimum atomic E-state index is -0.833. The first-order valence-corrected chi connectivity index (χ1v) is 4.04. The first-order valence-electron chi connectivity index (χ1n) is 4.04. The zero-order valence-corrected chi connectivity index (χ0v) is 7.81. The van der Waals surface area contributed by atoms with E-state index in [1.54, 1.807) is 0 Å². The molecule has 0 bridgehead atoms. The second kappa shape index (κ2) is 7.16. The van der Waals surface area contributed by atoms with Crippen LogP contribution in [0.1, 0.15) is 6.92 Å². The predicted molar refractivity (Wildman–Crippen MR) is 53.4 cm³/mol. The normalized spacial score (nSPS) is 13.2. The van der Waals surface area contributed by atoms with Crippen LogP contribution in [0.25, 0.3) is 0 Å². The number of allylic oxidation sites excluding steroid dienone is 2. The van der Waals surface area contributed by atoms with Crippen LogP contribution in [0.3, 0.4) is 0 Å². The van der Waals surface area contributed by atoms with Crippen LogP contribution in [0.5, 0.6) is 0 Å². The highest BCUT2D eigenvalue weighted by Crippen LogP contribution is 1.96. The molecular formula is C10H15NO2. The highest BCUT2D eigenvalue weighted by molar-refractivity contribution is 5.62. The molecule has 0 unspecified atom stereocenters.